The van der Waals surface area contributed by atoms with Crippen molar-refractivity contribution in [2.75, 3.05) is 13.7 Å². The van der Waals surface area contributed by atoms with Gasteiger partial charge in [0.2, 0.25) is 0 Å². The third-order valence-electron chi connectivity index (χ3n) is 3.61. The number of methoxy groups -OCH3 is 1. The van der Waals surface area contributed by atoms with E-state index in [0.29, 0.717) is 6.04 Å². The van der Waals surface area contributed by atoms with E-state index in [0.717, 1.165) is 18.7 Å². The van der Waals surface area contributed by atoms with Crippen molar-refractivity contribution in [2.45, 2.75) is 64.8 Å². The molecule has 0 fully saturated rings. The summed E-state index contributed by atoms with van der Waals surface area (Å²) in [6.45, 7) is 5.51. The van der Waals surface area contributed by atoms with E-state index in [1.54, 1.807) is 13.3 Å². The van der Waals surface area contributed by atoms with Crippen LogP contribution in [0, 0.1) is 0 Å². The number of ether oxygens (including phenoxy) is 1. The topological polar surface area (TPSA) is 34.2 Å². The van der Waals surface area contributed by atoms with Gasteiger partial charge in [-0.15, -0.1) is 0 Å². The van der Waals surface area contributed by atoms with Crippen molar-refractivity contribution in [3.63, 3.8) is 0 Å². The fourth-order valence-electron chi connectivity index (χ4n) is 2.39. The summed E-state index contributed by atoms with van der Waals surface area (Å²) in [7, 11) is 1.69. The maximum Gasteiger partial charge on any atom is 0.137 e. The third-order valence-corrected chi connectivity index (χ3v) is 3.61. The zero-order chi connectivity index (χ0) is 14.6. The molecular weight excluding hydrogens is 248 g/mol. The minimum atomic E-state index is 0.402. The predicted octanol–water partition coefficient (Wildman–Crippen LogP) is 4.49. The first-order chi connectivity index (χ1) is 9.81. The largest absolute Gasteiger partial charge is 0.495 e. The molecule has 3 heteroatoms. The second-order valence-electron chi connectivity index (χ2n) is 5.37. The molecule has 1 unspecified atom stereocenters. The van der Waals surface area contributed by atoms with Gasteiger partial charge in [-0.05, 0) is 31.0 Å². The van der Waals surface area contributed by atoms with E-state index in [1.165, 1.54) is 44.1 Å². The van der Waals surface area contributed by atoms with Crippen LogP contribution in [0.15, 0.2) is 18.5 Å². The molecule has 0 spiro atoms. The average molecular weight is 278 g/mol. The first kappa shape index (κ1) is 17.0. The summed E-state index contributed by atoms with van der Waals surface area (Å²) in [5.74, 6) is 0.844. The molecule has 1 aromatic heterocycles. The molecule has 0 aromatic carbocycles. The van der Waals surface area contributed by atoms with E-state index in [4.69, 9.17) is 4.74 Å². The van der Waals surface area contributed by atoms with Gasteiger partial charge in [-0.1, -0.05) is 46.0 Å². The smallest absolute Gasteiger partial charge is 0.137 e. The van der Waals surface area contributed by atoms with Gasteiger partial charge in [0.05, 0.1) is 13.3 Å². The normalized spacial score (nSPS) is 12.3. The summed E-state index contributed by atoms with van der Waals surface area (Å²) < 4.78 is 5.28. The zero-order valence-corrected chi connectivity index (χ0v) is 13.3. The summed E-state index contributed by atoms with van der Waals surface area (Å²) in [6.07, 6.45) is 12.7. The number of hydrogen-bond acceptors (Lipinski definition) is 3. The van der Waals surface area contributed by atoms with Crippen LogP contribution in [0.5, 0.6) is 5.75 Å². The van der Waals surface area contributed by atoms with Crippen molar-refractivity contribution in [1.82, 2.24) is 10.3 Å². The van der Waals surface area contributed by atoms with Crippen molar-refractivity contribution in [1.29, 1.82) is 0 Å². The highest BCUT2D eigenvalue weighted by Crippen LogP contribution is 2.23. The Hall–Kier alpha value is -1.09. The van der Waals surface area contributed by atoms with E-state index >= 15 is 0 Å². The maximum absolute atomic E-state index is 5.28. The number of hydrogen-bond donors (Lipinski definition) is 1. The van der Waals surface area contributed by atoms with Crippen LogP contribution >= 0.6 is 0 Å². The van der Waals surface area contributed by atoms with Crippen LogP contribution < -0.4 is 10.1 Å². The molecule has 0 aliphatic carbocycles. The van der Waals surface area contributed by atoms with Gasteiger partial charge in [0, 0.05) is 12.2 Å². The molecule has 0 bridgehead atoms. The number of nitrogens with zero attached hydrogens (tertiary/aromatic N) is 1. The number of rotatable bonds is 11. The Morgan fingerprint density at radius 3 is 2.60 bits per heavy atom. The monoisotopic (exact) mass is 278 g/mol. The van der Waals surface area contributed by atoms with Gasteiger partial charge < -0.3 is 10.1 Å². The van der Waals surface area contributed by atoms with Crippen LogP contribution in [0.3, 0.4) is 0 Å². The van der Waals surface area contributed by atoms with Crippen LogP contribution in [-0.2, 0) is 0 Å². The zero-order valence-electron chi connectivity index (χ0n) is 13.3. The van der Waals surface area contributed by atoms with Crippen molar-refractivity contribution in [3.8, 4) is 5.75 Å². The molecule has 0 radical (unpaired) electrons. The Labute approximate surface area is 124 Å². The average Bonchev–Trinajstić information content (AvgIpc) is 2.50. The van der Waals surface area contributed by atoms with Crippen LogP contribution in [0.4, 0.5) is 0 Å². The highest BCUT2D eigenvalue weighted by molar-refractivity contribution is 5.25. The van der Waals surface area contributed by atoms with Crippen molar-refractivity contribution < 1.29 is 4.74 Å². The fourth-order valence-corrected chi connectivity index (χ4v) is 2.39. The Kier molecular flexibility index (Phi) is 9.05. The van der Waals surface area contributed by atoms with Crippen LogP contribution in [-0.4, -0.2) is 18.6 Å². The molecule has 1 aromatic rings. The highest BCUT2D eigenvalue weighted by Gasteiger charge is 2.11. The van der Waals surface area contributed by atoms with Crippen molar-refractivity contribution in [3.05, 3.63) is 24.0 Å². The Morgan fingerprint density at radius 1 is 1.10 bits per heavy atom. The Bertz CT molecular complexity index is 355. The standard InChI is InChI=1S/C17H30N2O/c1-4-6-7-8-9-10-17(19-11-5-2)15-12-16(20-3)14-18-13-15/h12-14,17,19H,4-11H2,1-3H3. The molecule has 20 heavy (non-hydrogen) atoms. The minimum Gasteiger partial charge on any atom is -0.495 e. The molecule has 1 heterocycles. The third kappa shape index (κ3) is 6.38. The fraction of sp³-hybridized carbons (Fsp3) is 0.706. The van der Waals surface area contributed by atoms with E-state index in [-0.39, 0.29) is 0 Å². The second kappa shape index (κ2) is 10.7. The lowest BCUT2D eigenvalue weighted by atomic mass is 10.0. The molecule has 3 nitrogen and oxygen atoms in total. The van der Waals surface area contributed by atoms with E-state index in [9.17, 15) is 0 Å². The van der Waals surface area contributed by atoms with Gasteiger partial charge in [0.25, 0.3) is 0 Å². The number of aromatic nitrogens is 1. The molecule has 1 N–H and O–H groups in total. The Morgan fingerprint density at radius 2 is 1.90 bits per heavy atom. The summed E-state index contributed by atoms with van der Waals surface area (Å²) in [6, 6.07) is 2.51. The highest BCUT2D eigenvalue weighted by atomic mass is 16.5. The van der Waals surface area contributed by atoms with Gasteiger partial charge in [-0.3, -0.25) is 4.98 Å². The molecule has 1 atom stereocenters. The lowest BCUT2D eigenvalue weighted by Crippen LogP contribution is -2.22. The minimum absolute atomic E-state index is 0.402. The lowest BCUT2D eigenvalue weighted by Gasteiger charge is -2.19. The SMILES string of the molecule is CCCCCCCC(NCCC)c1cncc(OC)c1. The van der Waals surface area contributed by atoms with Gasteiger partial charge in [-0.25, -0.2) is 0 Å². The first-order valence-corrected chi connectivity index (χ1v) is 8.04. The summed E-state index contributed by atoms with van der Waals surface area (Å²) in [5.41, 5.74) is 1.24. The molecule has 0 saturated carbocycles. The molecule has 114 valence electrons. The van der Waals surface area contributed by atoms with Crippen LogP contribution in [0.1, 0.15) is 70.4 Å². The number of unbranched alkanes of at least 4 members (excludes halogenated alkanes) is 4. The number of nitrogens with one attached hydrogen (secondary N) is 1. The lowest BCUT2D eigenvalue weighted by molar-refractivity contribution is 0.409. The van der Waals surface area contributed by atoms with E-state index in [2.05, 4.69) is 30.2 Å². The van der Waals surface area contributed by atoms with Crippen molar-refractivity contribution in [2.24, 2.45) is 0 Å². The molecule has 0 saturated heterocycles. The number of pyridine rings is 1. The van der Waals surface area contributed by atoms with Crippen molar-refractivity contribution >= 4 is 0 Å². The predicted molar refractivity (Wildman–Crippen MR) is 85.2 cm³/mol. The molecule has 0 aliphatic rings. The quantitative estimate of drug-likeness (QED) is 0.605. The summed E-state index contributed by atoms with van der Waals surface area (Å²) in [5, 5.41) is 3.63. The van der Waals surface area contributed by atoms with Gasteiger partial charge >= 0.3 is 0 Å². The molecule has 0 amide bonds. The van der Waals surface area contributed by atoms with Crippen LogP contribution in [0.2, 0.25) is 0 Å². The maximum atomic E-state index is 5.28. The van der Waals surface area contributed by atoms with Gasteiger partial charge in [0.1, 0.15) is 5.75 Å². The van der Waals surface area contributed by atoms with Crippen LogP contribution in [0.25, 0.3) is 0 Å². The van der Waals surface area contributed by atoms with Gasteiger partial charge in [-0.2, -0.15) is 0 Å². The second-order valence-corrected chi connectivity index (χ2v) is 5.37. The van der Waals surface area contributed by atoms with E-state index in [1.807, 2.05) is 6.20 Å². The summed E-state index contributed by atoms with van der Waals surface area (Å²) in [4.78, 5) is 4.28. The molecule has 0 aliphatic heterocycles. The first-order valence-electron chi connectivity index (χ1n) is 8.04. The molecular formula is C17H30N2O. The molecule has 1 rings (SSSR count). The van der Waals surface area contributed by atoms with Gasteiger partial charge in [0.15, 0.2) is 0 Å². The summed E-state index contributed by atoms with van der Waals surface area (Å²) >= 11 is 0. The van der Waals surface area contributed by atoms with E-state index < -0.39 is 0 Å². The Balaban J connectivity index is 2.53.